The van der Waals surface area contributed by atoms with E-state index in [0.717, 1.165) is 24.4 Å². The molecule has 0 aromatic carbocycles. The number of pyridine rings is 1. The van der Waals surface area contributed by atoms with E-state index in [4.69, 9.17) is 9.26 Å². The van der Waals surface area contributed by atoms with Gasteiger partial charge in [-0.3, -0.25) is 9.69 Å². The molecule has 0 unspecified atom stereocenters. The van der Waals surface area contributed by atoms with Crippen molar-refractivity contribution in [2.75, 3.05) is 32.8 Å². The van der Waals surface area contributed by atoms with Crippen LogP contribution in [0.1, 0.15) is 28.9 Å². The molecule has 2 aliphatic heterocycles. The Hall–Kier alpha value is -2.45. The molecule has 2 saturated heterocycles. The fourth-order valence-electron chi connectivity index (χ4n) is 3.83. The zero-order valence-corrected chi connectivity index (χ0v) is 15.4. The smallest absolute Gasteiger partial charge is 0.276 e. The summed E-state index contributed by atoms with van der Waals surface area (Å²) in [7, 11) is 0. The minimum atomic E-state index is -0.247. The Morgan fingerprint density at radius 1 is 1.33 bits per heavy atom. The van der Waals surface area contributed by atoms with Crippen molar-refractivity contribution in [2.45, 2.75) is 25.9 Å². The first kappa shape index (κ1) is 17.9. The van der Waals surface area contributed by atoms with Crippen molar-refractivity contribution in [1.82, 2.24) is 19.9 Å². The summed E-state index contributed by atoms with van der Waals surface area (Å²) < 4.78 is 11.2. The first-order valence-electron chi connectivity index (χ1n) is 9.33. The van der Waals surface area contributed by atoms with Gasteiger partial charge in [0.05, 0.1) is 31.5 Å². The summed E-state index contributed by atoms with van der Waals surface area (Å²) in [5.41, 5.74) is 1.05. The van der Waals surface area contributed by atoms with Gasteiger partial charge in [-0.25, -0.2) is 4.98 Å². The minimum Gasteiger partial charge on any atom is -0.505 e. The third-order valence-electron chi connectivity index (χ3n) is 5.14. The molecule has 2 aromatic heterocycles. The van der Waals surface area contributed by atoms with Crippen LogP contribution in [0.25, 0.3) is 0 Å². The first-order valence-corrected chi connectivity index (χ1v) is 9.33. The zero-order chi connectivity index (χ0) is 18.8. The number of aryl methyl sites for hydroxylation is 1. The summed E-state index contributed by atoms with van der Waals surface area (Å²) in [5, 5.41) is 14.1. The summed E-state index contributed by atoms with van der Waals surface area (Å²) in [4.78, 5) is 21.2. The van der Waals surface area contributed by atoms with E-state index < -0.39 is 0 Å². The Labute approximate surface area is 157 Å². The van der Waals surface area contributed by atoms with Crippen LogP contribution in [0, 0.1) is 5.92 Å². The molecule has 8 nitrogen and oxygen atoms in total. The van der Waals surface area contributed by atoms with Crippen LogP contribution in [-0.2, 0) is 17.7 Å². The molecule has 4 heterocycles. The van der Waals surface area contributed by atoms with Gasteiger partial charge in [0.15, 0.2) is 11.5 Å². The third kappa shape index (κ3) is 3.81. The number of fused-ring (bicyclic) bond motifs is 3. The summed E-state index contributed by atoms with van der Waals surface area (Å²) in [6.45, 7) is 5.88. The van der Waals surface area contributed by atoms with E-state index in [9.17, 15) is 9.90 Å². The predicted molar refractivity (Wildman–Crippen MR) is 96.2 cm³/mol. The van der Waals surface area contributed by atoms with Crippen LogP contribution in [0.5, 0.6) is 5.75 Å². The average molecular weight is 372 g/mol. The molecule has 8 heteroatoms. The summed E-state index contributed by atoms with van der Waals surface area (Å²) in [6.07, 6.45) is 2.37. The SMILES string of the molecule is CCc1cc(CN2C[C@@H]3COC[C@H](C2)N(C(=O)c2ncccc2O)C3)on1. The Kier molecular flexibility index (Phi) is 5.09. The van der Waals surface area contributed by atoms with E-state index in [2.05, 4.69) is 15.0 Å². The quantitative estimate of drug-likeness (QED) is 0.865. The average Bonchev–Trinajstić information content (AvgIpc) is 2.92. The molecule has 2 aliphatic rings. The van der Waals surface area contributed by atoms with Gasteiger partial charge in [0.2, 0.25) is 0 Å². The van der Waals surface area contributed by atoms with Crippen LogP contribution in [0.3, 0.4) is 0 Å². The molecule has 2 bridgehead atoms. The van der Waals surface area contributed by atoms with E-state index in [-0.39, 0.29) is 29.3 Å². The van der Waals surface area contributed by atoms with Gasteiger partial charge in [0.1, 0.15) is 5.75 Å². The summed E-state index contributed by atoms with van der Waals surface area (Å²) in [6, 6.07) is 4.99. The highest BCUT2D eigenvalue weighted by Gasteiger charge is 2.37. The second kappa shape index (κ2) is 7.66. The largest absolute Gasteiger partial charge is 0.505 e. The molecule has 4 rings (SSSR count). The number of ether oxygens (including phenoxy) is 1. The first-order chi connectivity index (χ1) is 13.1. The number of carbonyl (C=O) groups is 1. The Balaban J connectivity index is 1.53. The number of amides is 1. The zero-order valence-electron chi connectivity index (χ0n) is 15.4. The standard InChI is InChI=1S/C19H24N4O4/c1-2-14-6-16(27-21-14)10-22-7-13-8-23(15(9-22)12-26-11-13)19(25)18-17(24)4-3-5-20-18/h3-6,13,15,24H,2,7-12H2,1H3/t13-,15-/m0/s1. The van der Waals surface area contributed by atoms with Crippen molar-refractivity contribution >= 4 is 5.91 Å². The fraction of sp³-hybridized carbons (Fsp3) is 0.526. The van der Waals surface area contributed by atoms with Crippen LogP contribution < -0.4 is 0 Å². The van der Waals surface area contributed by atoms with Crippen LogP contribution in [-0.4, -0.2) is 69.8 Å². The van der Waals surface area contributed by atoms with Crippen molar-refractivity contribution < 1.29 is 19.2 Å². The molecule has 2 atom stereocenters. The molecule has 2 fully saturated rings. The Morgan fingerprint density at radius 3 is 3.00 bits per heavy atom. The van der Waals surface area contributed by atoms with Gasteiger partial charge < -0.3 is 19.3 Å². The number of aromatic hydroxyl groups is 1. The molecule has 144 valence electrons. The molecule has 0 saturated carbocycles. The fourth-order valence-corrected chi connectivity index (χ4v) is 3.83. The lowest BCUT2D eigenvalue weighted by Gasteiger charge is -2.30. The Bertz CT molecular complexity index is 809. The predicted octanol–water partition coefficient (Wildman–Crippen LogP) is 1.31. The highest BCUT2D eigenvalue weighted by molar-refractivity contribution is 5.95. The number of rotatable bonds is 4. The Morgan fingerprint density at radius 2 is 2.22 bits per heavy atom. The van der Waals surface area contributed by atoms with E-state index in [1.165, 1.54) is 12.3 Å². The second-order valence-corrected chi connectivity index (χ2v) is 7.22. The van der Waals surface area contributed by atoms with Crippen molar-refractivity contribution in [3.63, 3.8) is 0 Å². The molecule has 1 amide bonds. The van der Waals surface area contributed by atoms with E-state index in [1.54, 1.807) is 11.0 Å². The third-order valence-corrected chi connectivity index (χ3v) is 5.14. The van der Waals surface area contributed by atoms with Gasteiger partial charge in [-0.1, -0.05) is 12.1 Å². The topological polar surface area (TPSA) is 91.9 Å². The van der Waals surface area contributed by atoms with Crippen LogP contribution >= 0.6 is 0 Å². The lowest BCUT2D eigenvalue weighted by Crippen LogP contribution is -2.46. The maximum atomic E-state index is 13.0. The monoisotopic (exact) mass is 372 g/mol. The van der Waals surface area contributed by atoms with Gasteiger partial charge in [-0.15, -0.1) is 0 Å². The molecule has 0 spiro atoms. The minimum absolute atomic E-state index is 0.0900. The molecule has 2 aromatic rings. The second-order valence-electron chi connectivity index (χ2n) is 7.22. The van der Waals surface area contributed by atoms with E-state index >= 15 is 0 Å². The van der Waals surface area contributed by atoms with Gasteiger partial charge in [0, 0.05) is 37.8 Å². The van der Waals surface area contributed by atoms with Gasteiger partial charge in [0.25, 0.3) is 5.91 Å². The highest BCUT2D eigenvalue weighted by Crippen LogP contribution is 2.25. The molecule has 0 radical (unpaired) electrons. The lowest BCUT2D eigenvalue weighted by molar-refractivity contribution is 0.0404. The van der Waals surface area contributed by atoms with Crippen LogP contribution in [0.15, 0.2) is 28.9 Å². The van der Waals surface area contributed by atoms with Gasteiger partial charge >= 0.3 is 0 Å². The van der Waals surface area contributed by atoms with Crippen LogP contribution in [0.2, 0.25) is 0 Å². The maximum absolute atomic E-state index is 13.0. The highest BCUT2D eigenvalue weighted by atomic mass is 16.5. The van der Waals surface area contributed by atoms with E-state index in [0.29, 0.717) is 32.8 Å². The van der Waals surface area contributed by atoms with Gasteiger partial charge in [-0.05, 0) is 18.6 Å². The number of nitrogens with zero attached hydrogens (tertiary/aromatic N) is 4. The van der Waals surface area contributed by atoms with Gasteiger partial charge in [-0.2, -0.15) is 0 Å². The van der Waals surface area contributed by atoms with E-state index in [1.807, 2.05) is 13.0 Å². The van der Waals surface area contributed by atoms with Crippen molar-refractivity contribution in [2.24, 2.45) is 5.92 Å². The number of carbonyl (C=O) groups excluding carboxylic acids is 1. The van der Waals surface area contributed by atoms with Crippen molar-refractivity contribution in [3.05, 3.63) is 41.5 Å². The number of aromatic nitrogens is 2. The normalized spacial score (nSPS) is 23.2. The molecular weight excluding hydrogens is 348 g/mol. The molecule has 1 N–H and O–H groups in total. The number of hydrogen-bond donors (Lipinski definition) is 1. The molecule has 27 heavy (non-hydrogen) atoms. The number of hydrogen-bond acceptors (Lipinski definition) is 7. The summed E-state index contributed by atoms with van der Waals surface area (Å²) >= 11 is 0. The summed E-state index contributed by atoms with van der Waals surface area (Å²) in [5.74, 6) is 0.699. The van der Waals surface area contributed by atoms with Crippen molar-refractivity contribution in [1.29, 1.82) is 0 Å². The van der Waals surface area contributed by atoms with Crippen LogP contribution in [0.4, 0.5) is 0 Å². The molecular formula is C19H24N4O4. The lowest BCUT2D eigenvalue weighted by atomic mass is 10.1. The maximum Gasteiger partial charge on any atom is 0.276 e. The molecule has 0 aliphatic carbocycles. The van der Waals surface area contributed by atoms with Crippen molar-refractivity contribution in [3.8, 4) is 5.75 Å².